The summed E-state index contributed by atoms with van der Waals surface area (Å²) in [6, 6.07) is 0. The van der Waals surface area contributed by atoms with Crippen LogP contribution in [0.5, 0.6) is 0 Å². The van der Waals surface area contributed by atoms with Crippen molar-refractivity contribution in [3.8, 4) is 0 Å². The molecule has 0 rings (SSSR count). The summed E-state index contributed by atoms with van der Waals surface area (Å²) in [6.45, 7) is 11.9. The van der Waals surface area contributed by atoms with E-state index >= 15 is 0 Å². The third-order valence-electron chi connectivity index (χ3n) is 1.82. The van der Waals surface area contributed by atoms with E-state index in [2.05, 4.69) is 25.4 Å². The maximum Gasteiger partial charge on any atom is 0.131 e. The highest BCUT2D eigenvalue weighted by atomic mass is 16.1. The second-order valence-electron chi connectivity index (χ2n) is 3.40. The van der Waals surface area contributed by atoms with Crippen LogP contribution in [-0.4, -0.2) is 12.3 Å². The van der Waals surface area contributed by atoms with Crippen molar-refractivity contribution >= 4 is 5.78 Å². The van der Waals surface area contributed by atoms with Crippen molar-refractivity contribution in [2.24, 2.45) is 5.92 Å². The quantitative estimate of drug-likeness (QED) is 0.610. The van der Waals surface area contributed by atoms with E-state index in [-0.39, 0.29) is 5.78 Å². The molecule has 0 amide bonds. The maximum atomic E-state index is 10.6. The first-order chi connectivity index (χ1) is 6.06. The maximum absolute atomic E-state index is 10.6. The van der Waals surface area contributed by atoms with Gasteiger partial charge in [-0.05, 0) is 19.3 Å². The third kappa shape index (κ3) is 7.32. The molecule has 1 N–H and O–H groups in total. The summed E-state index contributed by atoms with van der Waals surface area (Å²) in [5, 5.41) is 3.12. The molecule has 1 unspecified atom stereocenters. The van der Waals surface area contributed by atoms with E-state index in [9.17, 15) is 4.79 Å². The molecule has 0 aliphatic heterocycles. The van der Waals surface area contributed by atoms with Gasteiger partial charge in [-0.25, -0.2) is 0 Å². The number of carbonyl (C=O) groups is 1. The van der Waals surface area contributed by atoms with Crippen LogP contribution < -0.4 is 5.32 Å². The van der Waals surface area contributed by atoms with Gasteiger partial charge in [-0.1, -0.05) is 19.6 Å². The number of allylic oxidation sites excluding steroid dienone is 2. The number of hydrogen-bond donors (Lipinski definition) is 1. The normalized spacial score (nSPS) is 11.8. The zero-order chi connectivity index (χ0) is 10.3. The average molecular weight is 181 g/mol. The second-order valence-corrected chi connectivity index (χ2v) is 3.40. The Morgan fingerprint density at radius 3 is 2.69 bits per heavy atom. The standard InChI is InChI=1S/C11H19NO/c1-5-9(2)8-10(3)12-7-6-11(4)13/h5,9,12H,1,3,6-8H2,2,4H3. The van der Waals surface area contributed by atoms with E-state index in [1.54, 1.807) is 6.92 Å². The van der Waals surface area contributed by atoms with Gasteiger partial charge in [-0.2, -0.15) is 0 Å². The van der Waals surface area contributed by atoms with E-state index < -0.39 is 0 Å². The number of ketones is 1. The molecule has 0 aromatic rings. The van der Waals surface area contributed by atoms with Crippen molar-refractivity contribution in [1.82, 2.24) is 5.32 Å². The van der Waals surface area contributed by atoms with Crippen LogP contribution in [0.3, 0.4) is 0 Å². The predicted molar refractivity (Wildman–Crippen MR) is 56.4 cm³/mol. The Morgan fingerprint density at radius 1 is 1.62 bits per heavy atom. The number of rotatable bonds is 7. The van der Waals surface area contributed by atoms with Gasteiger partial charge in [0.25, 0.3) is 0 Å². The number of nitrogens with one attached hydrogen (secondary N) is 1. The molecule has 74 valence electrons. The molecule has 0 radical (unpaired) electrons. The van der Waals surface area contributed by atoms with Gasteiger partial charge in [0.1, 0.15) is 5.78 Å². The lowest BCUT2D eigenvalue weighted by Gasteiger charge is -2.10. The van der Waals surface area contributed by atoms with Crippen molar-refractivity contribution in [2.45, 2.75) is 26.7 Å². The van der Waals surface area contributed by atoms with Crippen molar-refractivity contribution in [3.63, 3.8) is 0 Å². The van der Waals surface area contributed by atoms with Crippen LogP contribution in [0, 0.1) is 5.92 Å². The topological polar surface area (TPSA) is 29.1 Å². The first-order valence-corrected chi connectivity index (χ1v) is 4.60. The van der Waals surface area contributed by atoms with Gasteiger partial charge in [0.15, 0.2) is 0 Å². The van der Waals surface area contributed by atoms with Crippen LogP contribution >= 0.6 is 0 Å². The van der Waals surface area contributed by atoms with Crippen molar-refractivity contribution in [2.75, 3.05) is 6.54 Å². The van der Waals surface area contributed by atoms with E-state index in [1.807, 2.05) is 6.08 Å². The summed E-state index contributed by atoms with van der Waals surface area (Å²) in [5.41, 5.74) is 0.980. The molecular formula is C11H19NO. The van der Waals surface area contributed by atoms with Crippen molar-refractivity contribution in [1.29, 1.82) is 0 Å². The largest absolute Gasteiger partial charge is 0.388 e. The van der Waals surface area contributed by atoms with E-state index in [1.165, 1.54) is 0 Å². The van der Waals surface area contributed by atoms with E-state index in [0.29, 0.717) is 18.9 Å². The van der Waals surface area contributed by atoms with Crippen molar-refractivity contribution in [3.05, 3.63) is 24.9 Å². The summed E-state index contributed by atoms with van der Waals surface area (Å²) < 4.78 is 0. The lowest BCUT2D eigenvalue weighted by Crippen LogP contribution is -2.17. The van der Waals surface area contributed by atoms with Crippen LogP contribution in [0.2, 0.25) is 0 Å². The molecule has 1 atom stereocenters. The second kappa shape index (κ2) is 6.46. The fraction of sp³-hybridized carbons (Fsp3) is 0.545. The molecule has 0 saturated heterocycles. The van der Waals surface area contributed by atoms with Gasteiger partial charge in [0.05, 0.1) is 0 Å². The van der Waals surface area contributed by atoms with Gasteiger partial charge in [-0.15, -0.1) is 6.58 Å². The van der Waals surface area contributed by atoms with Gasteiger partial charge >= 0.3 is 0 Å². The molecule has 0 spiro atoms. The molecule has 0 aliphatic carbocycles. The Bertz CT molecular complexity index is 196. The average Bonchev–Trinajstić information content (AvgIpc) is 2.03. The van der Waals surface area contributed by atoms with Crippen LogP contribution in [0.1, 0.15) is 26.7 Å². The Labute approximate surface area is 80.7 Å². The minimum atomic E-state index is 0.206. The zero-order valence-corrected chi connectivity index (χ0v) is 8.60. The predicted octanol–water partition coefficient (Wildman–Crippen LogP) is 2.28. The van der Waals surface area contributed by atoms with Gasteiger partial charge in [-0.3, -0.25) is 4.79 Å². The highest BCUT2D eigenvalue weighted by molar-refractivity contribution is 5.75. The monoisotopic (exact) mass is 181 g/mol. The fourth-order valence-corrected chi connectivity index (χ4v) is 0.959. The lowest BCUT2D eigenvalue weighted by molar-refractivity contribution is -0.116. The Hall–Kier alpha value is -1.05. The Balaban J connectivity index is 3.51. The lowest BCUT2D eigenvalue weighted by atomic mass is 10.1. The highest BCUT2D eigenvalue weighted by Gasteiger charge is 1.99. The van der Waals surface area contributed by atoms with Gasteiger partial charge in [0, 0.05) is 18.7 Å². The summed E-state index contributed by atoms with van der Waals surface area (Å²) >= 11 is 0. The van der Waals surface area contributed by atoms with Crippen molar-refractivity contribution < 1.29 is 4.79 Å². The molecule has 0 aromatic carbocycles. The molecule has 0 aromatic heterocycles. The SMILES string of the molecule is C=CC(C)CC(=C)NCCC(C)=O. The molecule has 13 heavy (non-hydrogen) atoms. The first-order valence-electron chi connectivity index (χ1n) is 4.60. The van der Waals surface area contributed by atoms with Gasteiger partial charge < -0.3 is 5.32 Å². The number of hydrogen-bond acceptors (Lipinski definition) is 2. The van der Waals surface area contributed by atoms with Crippen LogP contribution in [-0.2, 0) is 4.79 Å². The highest BCUT2D eigenvalue weighted by Crippen LogP contribution is 2.07. The zero-order valence-electron chi connectivity index (χ0n) is 8.60. The smallest absolute Gasteiger partial charge is 0.131 e. The van der Waals surface area contributed by atoms with Gasteiger partial charge in [0.2, 0.25) is 0 Å². The summed E-state index contributed by atoms with van der Waals surface area (Å²) in [6.07, 6.45) is 3.36. The molecule has 0 heterocycles. The summed E-state index contributed by atoms with van der Waals surface area (Å²) in [7, 11) is 0. The molecule has 0 bridgehead atoms. The summed E-state index contributed by atoms with van der Waals surface area (Å²) in [5.74, 6) is 0.648. The molecule has 0 saturated carbocycles. The van der Waals surface area contributed by atoms with Crippen LogP contribution in [0.25, 0.3) is 0 Å². The fourth-order valence-electron chi connectivity index (χ4n) is 0.959. The molecule has 2 heteroatoms. The van der Waals surface area contributed by atoms with Crippen LogP contribution in [0.4, 0.5) is 0 Å². The third-order valence-corrected chi connectivity index (χ3v) is 1.82. The number of Topliss-reactive ketones (excluding diaryl/α,β-unsaturated/α-hetero) is 1. The van der Waals surface area contributed by atoms with Crippen LogP contribution in [0.15, 0.2) is 24.9 Å². The minimum absolute atomic E-state index is 0.206. The number of carbonyl (C=O) groups excluding carboxylic acids is 1. The Morgan fingerprint density at radius 2 is 2.23 bits per heavy atom. The first kappa shape index (κ1) is 11.9. The Kier molecular flexibility index (Phi) is 5.94. The van der Waals surface area contributed by atoms with E-state index in [4.69, 9.17) is 0 Å². The molecule has 0 fully saturated rings. The van der Waals surface area contributed by atoms with E-state index in [0.717, 1.165) is 12.1 Å². The minimum Gasteiger partial charge on any atom is -0.388 e. The molecule has 2 nitrogen and oxygen atoms in total. The molecule has 0 aliphatic rings. The molecular weight excluding hydrogens is 162 g/mol. The summed E-state index contributed by atoms with van der Waals surface area (Å²) in [4.78, 5) is 10.6.